The number of hydrogen-bond acceptors (Lipinski definition) is 5. The lowest BCUT2D eigenvalue weighted by atomic mass is 10.2. The standard InChI is InChI=1S/C17H23N3O2S/c1-2-22-17(21)20-11-9-13(12-20)18-10-5-8-16-19-14-6-3-4-7-15(14)23-16/h3-4,6-7,13,18H,2,5,8-12H2,1H3. The number of hydrogen-bond donors (Lipinski definition) is 1. The number of thiazole rings is 1. The van der Waals surface area contributed by atoms with Gasteiger partial charge in [0.2, 0.25) is 0 Å². The highest BCUT2D eigenvalue weighted by atomic mass is 32.1. The van der Waals surface area contributed by atoms with Crippen molar-refractivity contribution >= 4 is 27.6 Å². The topological polar surface area (TPSA) is 54.5 Å². The summed E-state index contributed by atoms with van der Waals surface area (Å²) in [4.78, 5) is 18.1. The molecule has 3 rings (SSSR count). The van der Waals surface area contributed by atoms with Gasteiger partial charge in [-0.2, -0.15) is 0 Å². The van der Waals surface area contributed by atoms with Crippen molar-refractivity contribution in [3.63, 3.8) is 0 Å². The van der Waals surface area contributed by atoms with Crippen LogP contribution in [0.4, 0.5) is 4.79 Å². The molecule has 0 aliphatic carbocycles. The van der Waals surface area contributed by atoms with E-state index in [-0.39, 0.29) is 6.09 Å². The predicted octanol–water partition coefficient (Wildman–Crippen LogP) is 3.05. The molecule has 1 aromatic carbocycles. The Labute approximate surface area is 140 Å². The minimum Gasteiger partial charge on any atom is -0.450 e. The van der Waals surface area contributed by atoms with Crippen LogP contribution in [0, 0.1) is 0 Å². The third-order valence-electron chi connectivity index (χ3n) is 4.05. The van der Waals surface area contributed by atoms with Crippen molar-refractivity contribution in [1.29, 1.82) is 0 Å². The van der Waals surface area contributed by atoms with Crippen molar-refractivity contribution in [3.05, 3.63) is 29.3 Å². The summed E-state index contributed by atoms with van der Waals surface area (Å²) >= 11 is 1.78. The van der Waals surface area contributed by atoms with Crippen LogP contribution in [0.3, 0.4) is 0 Å². The Morgan fingerprint density at radius 2 is 2.35 bits per heavy atom. The van der Waals surface area contributed by atoms with Crippen LogP contribution in [0.25, 0.3) is 10.2 Å². The molecule has 1 aromatic heterocycles. The average molecular weight is 333 g/mol. The molecule has 1 saturated heterocycles. The van der Waals surface area contributed by atoms with Crippen LogP contribution in [0.1, 0.15) is 24.8 Å². The molecule has 0 bridgehead atoms. The zero-order valence-corrected chi connectivity index (χ0v) is 14.3. The molecule has 1 fully saturated rings. The molecule has 124 valence electrons. The van der Waals surface area contributed by atoms with E-state index in [2.05, 4.69) is 28.5 Å². The number of fused-ring (bicyclic) bond motifs is 1. The summed E-state index contributed by atoms with van der Waals surface area (Å²) in [7, 11) is 0. The normalized spacial score (nSPS) is 17.8. The molecule has 2 heterocycles. The van der Waals surface area contributed by atoms with Crippen molar-refractivity contribution in [2.24, 2.45) is 0 Å². The molecule has 1 atom stereocenters. The summed E-state index contributed by atoms with van der Waals surface area (Å²) in [6.45, 7) is 4.77. The van der Waals surface area contributed by atoms with Gasteiger partial charge in [-0.05, 0) is 38.4 Å². The van der Waals surface area contributed by atoms with E-state index >= 15 is 0 Å². The number of likely N-dealkylation sites (tertiary alicyclic amines) is 1. The van der Waals surface area contributed by atoms with Crippen molar-refractivity contribution < 1.29 is 9.53 Å². The summed E-state index contributed by atoms with van der Waals surface area (Å²) in [6.07, 6.45) is 2.88. The molecule has 1 amide bonds. The summed E-state index contributed by atoms with van der Waals surface area (Å²) in [6, 6.07) is 8.66. The molecule has 1 aliphatic heterocycles. The number of nitrogens with one attached hydrogen (secondary N) is 1. The van der Waals surface area contributed by atoms with Crippen LogP contribution in [-0.2, 0) is 11.2 Å². The van der Waals surface area contributed by atoms with Gasteiger partial charge in [0.1, 0.15) is 0 Å². The first kappa shape index (κ1) is 16.2. The second-order valence-corrected chi connectivity index (χ2v) is 6.88. The Morgan fingerprint density at radius 3 is 3.17 bits per heavy atom. The minimum atomic E-state index is -0.189. The van der Waals surface area contributed by atoms with Crippen molar-refractivity contribution in [1.82, 2.24) is 15.2 Å². The lowest BCUT2D eigenvalue weighted by Gasteiger charge is -2.16. The van der Waals surface area contributed by atoms with E-state index in [4.69, 9.17) is 4.74 Å². The summed E-state index contributed by atoms with van der Waals surface area (Å²) < 4.78 is 6.30. The van der Waals surface area contributed by atoms with Gasteiger partial charge in [-0.15, -0.1) is 11.3 Å². The SMILES string of the molecule is CCOC(=O)N1CCC(NCCCc2nc3ccccc3s2)C1. The van der Waals surface area contributed by atoms with Gasteiger partial charge in [0, 0.05) is 25.6 Å². The molecular weight excluding hydrogens is 310 g/mol. The second kappa shape index (κ2) is 7.75. The minimum absolute atomic E-state index is 0.189. The molecule has 0 saturated carbocycles. The summed E-state index contributed by atoms with van der Waals surface area (Å²) in [5.74, 6) is 0. The Bertz CT molecular complexity index is 625. The number of aryl methyl sites for hydroxylation is 1. The Balaban J connectivity index is 1.38. The maximum atomic E-state index is 11.7. The third-order valence-corrected chi connectivity index (χ3v) is 5.15. The molecule has 0 spiro atoms. The van der Waals surface area contributed by atoms with E-state index in [1.165, 1.54) is 9.71 Å². The molecule has 6 heteroatoms. The van der Waals surface area contributed by atoms with Gasteiger partial charge in [-0.3, -0.25) is 0 Å². The number of carbonyl (C=O) groups is 1. The van der Waals surface area contributed by atoms with Crippen LogP contribution >= 0.6 is 11.3 Å². The summed E-state index contributed by atoms with van der Waals surface area (Å²) in [5.41, 5.74) is 1.10. The lowest BCUT2D eigenvalue weighted by molar-refractivity contribution is 0.115. The highest BCUT2D eigenvalue weighted by Gasteiger charge is 2.26. The predicted molar refractivity (Wildman–Crippen MR) is 92.9 cm³/mol. The van der Waals surface area contributed by atoms with Crippen molar-refractivity contribution in [2.75, 3.05) is 26.2 Å². The van der Waals surface area contributed by atoms with Crippen LogP contribution in [0.2, 0.25) is 0 Å². The molecule has 1 N–H and O–H groups in total. The first-order valence-electron chi connectivity index (χ1n) is 8.26. The number of rotatable bonds is 6. The Kier molecular flexibility index (Phi) is 5.46. The number of nitrogens with zero attached hydrogens (tertiary/aromatic N) is 2. The van der Waals surface area contributed by atoms with Crippen LogP contribution < -0.4 is 5.32 Å². The fourth-order valence-corrected chi connectivity index (χ4v) is 3.89. The van der Waals surface area contributed by atoms with Crippen LogP contribution in [0.5, 0.6) is 0 Å². The Morgan fingerprint density at radius 1 is 1.48 bits per heavy atom. The van der Waals surface area contributed by atoms with Crippen LogP contribution in [0.15, 0.2) is 24.3 Å². The average Bonchev–Trinajstić information content (AvgIpc) is 3.18. The number of benzene rings is 1. The fourth-order valence-electron chi connectivity index (χ4n) is 2.88. The lowest BCUT2D eigenvalue weighted by Crippen LogP contribution is -2.35. The first-order valence-corrected chi connectivity index (χ1v) is 9.07. The third kappa shape index (κ3) is 4.20. The molecule has 2 aromatic rings. The molecule has 1 unspecified atom stereocenters. The van der Waals surface area contributed by atoms with E-state index < -0.39 is 0 Å². The monoisotopic (exact) mass is 333 g/mol. The fraction of sp³-hybridized carbons (Fsp3) is 0.529. The summed E-state index contributed by atoms with van der Waals surface area (Å²) in [5, 5.41) is 4.74. The van der Waals surface area contributed by atoms with Crippen molar-refractivity contribution in [3.8, 4) is 0 Å². The maximum Gasteiger partial charge on any atom is 0.409 e. The number of para-hydroxylation sites is 1. The number of amides is 1. The van der Waals surface area contributed by atoms with Gasteiger partial charge in [-0.1, -0.05) is 12.1 Å². The van der Waals surface area contributed by atoms with E-state index in [0.717, 1.165) is 44.4 Å². The van der Waals surface area contributed by atoms with Crippen molar-refractivity contribution in [2.45, 2.75) is 32.2 Å². The van der Waals surface area contributed by atoms with Gasteiger partial charge in [0.25, 0.3) is 0 Å². The second-order valence-electron chi connectivity index (χ2n) is 5.76. The maximum absolute atomic E-state index is 11.7. The van der Waals surface area contributed by atoms with E-state index in [9.17, 15) is 4.79 Å². The van der Waals surface area contributed by atoms with E-state index in [1.807, 2.05) is 13.0 Å². The number of ether oxygens (including phenoxy) is 1. The van der Waals surface area contributed by atoms with Crippen LogP contribution in [-0.4, -0.2) is 48.3 Å². The number of carbonyl (C=O) groups excluding carboxylic acids is 1. The highest BCUT2D eigenvalue weighted by Crippen LogP contribution is 2.22. The van der Waals surface area contributed by atoms with E-state index in [1.54, 1.807) is 16.2 Å². The number of aromatic nitrogens is 1. The zero-order valence-electron chi connectivity index (χ0n) is 13.5. The van der Waals surface area contributed by atoms with Gasteiger partial charge in [0.15, 0.2) is 0 Å². The first-order chi connectivity index (χ1) is 11.3. The van der Waals surface area contributed by atoms with E-state index in [0.29, 0.717) is 12.6 Å². The van der Waals surface area contributed by atoms with Gasteiger partial charge < -0.3 is 15.0 Å². The molecular formula is C17H23N3O2S. The molecule has 5 nitrogen and oxygen atoms in total. The largest absolute Gasteiger partial charge is 0.450 e. The van der Waals surface area contributed by atoms with Gasteiger partial charge in [0.05, 0.1) is 21.8 Å². The molecule has 1 aliphatic rings. The van der Waals surface area contributed by atoms with Gasteiger partial charge in [-0.25, -0.2) is 9.78 Å². The Hall–Kier alpha value is -1.66. The molecule has 0 radical (unpaired) electrons. The highest BCUT2D eigenvalue weighted by molar-refractivity contribution is 7.18. The zero-order chi connectivity index (χ0) is 16.1. The molecule has 23 heavy (non-hydrogen) atoms. The van der Waals surface area contributed by atoms with Gasteiger partial charge >= 0.3 is 6.09 Å². The quantitative estimate of drug-likeness (QED) is 0.826. The smallest absolute Gasteiger partial charge is 0.409 e.